The van der Waals surface area contributed by atoms with E-state index in [1.54, 1.807) is 23.1 Å². The summed E-state index contributed by atoms with van der Waals surface area (Å²) in [6.07, 6.45) is 2.32. The molecule has 4 aromatic rings. The summed E-state index contributed by atoms with van der Waals surface area (Å²) >= 11 is 3.27. The first-order valence-corrected chi connectivity index (χ1v) is 10.2. The number of hydrogen-bond donors (Lipinski definition) is 0. The van der Waals surface area contributed by atoms with Crippen LogP contribution in [0.5, 0.6) is 0 Å². The van der Waals surface area contributed by atoms with Crippen molar-refractivity contribution in [3.8, 4) is 16.4 Å². The van der Waals surface area contributed by atoms with Gasteiger partial charge >= 0.3 is 0 Å². The van der Waals surface area contributed by atoms with E-state index in [2.05, 4.69) is 53.9 Å². The number of para-hydroxylation sites is 1. The molecule has 0 unspecified atom stereocenters. The zero-order valence-corrected chi connectivity index (χ0v) is 15.4. The van der Waals surface area contributed by atoms with Crippen molar-refractivity contribution in [1.29, 1.82) is 0 Å². The van der Waals surface area contributed by atoms with Gasteiger partial charge in [-0.15, -0.1) is 26.6 Å². The van der Waals surface area contributed by atoms with Crippen LogP contribution in [0.25, 0.3) is 16.4 Å². The van der Waals surface area contributed by atoms with Crippen LogP contribution in [0, 0.1) is 0 Å². The van der Waals surface area contributed by atoms with Gasteiger partial charge in [0.2, 0.25) is 0 Å². The summed E-state index contributed by atoms with van der Waals surface area (Å²) in [5, 5.41) is 23.9. The Morgan fingerprint density at radius 2 is 1.92 bits per heavy atom. The number of tetrazole rings is 1. The highest BCUT2D eigenvalue weighted by Gasteiger charge is 2.28. The van der Waals surface area contributed by atoms with E-state index in [0.29, 0.717) is 11.8 Å². The zero-order chi connectivity index (χ0) is 17.3. The van der Waals surface area contributed by atoms with E-state index in [4.69, 9.17) is 0 Å². The van der Waals surface area contributed by atoms with E-state index in [0.717, 1.165) is 40.2 Å². The van der Waals surface area contributed by atoms with Gasteiger partial charge in [0.25, 0.3) is 0 Å². The van der Waals surface area contributed by atoms with Crippen molar-refractivity contribution in [2.75, 3.05) is 0 Å². The monoisotopic (exact) mass is 381 g/mol. The second-order valence-corrected chi connectivity index (χ2v) is 7.90. The molecule has 0 bridgehead atoms. The summed E-state index contributed by atoms with van der Waals surface area (Å²) in [6.45, 7) is 0. The fraction of sp³-hybridized carbons (Fsp3) is 0.235. The number of rotatable bonds is 6. The van der Waals surface area contributed by atoms with Crippen molar-refractivity contribution < 1.29 is 0 Å². The maximum atomic E-state index is 4.45. The molecule has 3 heterocycles. The molecule has 9 heteroatoms. The van der Waals surface area contributed by atoms with Crippen molar-refractivity contribution in [3.05, 3.63) is 53.7 Å². The van der Waals surface area contributed by atoms with Crippen LogP contribution >= 0.6 is 23.1 Å². The van der Waals surface area contributed by atoms with E-state index < -0.39 is 0 Å². The molecule has 0 saturated heterocycles. The van der Waals surface area contributed by atoms with Crippen LogP contribution in [0.1, 0.15) is 24.7 Å². The molecule has 1 saturated carbocycles. The van der Waals surface area contributed by atoms with Crippen LogP contribution in [0.3, 0.4) is 0 Å². The van der Waals surface area contributed by atoms with Gasteiger partial charge in [-0.2, -0.15) is 0 Å². The number of thiophene rings is 1. The molecule has 3 aromatic heterocycles. The van der Waals surface area contributed by atoms with Gasteiger partial charge < -0.3 is 0 Å². The zero-order valence-electron chi connectivity index (χ0n) is 13.8. The Morgan fingerprint density at radius 1 is 1.04 bits per heavy atom. The first-order chi connectivity index (χ1) is 12.9. The normalized spacial score (nSPS) is 14.0. The van der Waals surface area contributed by atoms with Gasteiger partial charge in [-0.25, -0.2) is 4.68 Å². The molecule has 130 valence electrons. The molecule has 5 rings (SSSR count). The molecule has 0 amide bonds. The summed E-state index contributed by atoms with van der Waals surface area (Å²) < 4.78 is 4.04. The van der Waals surface area contributed by atoms with Gasteiger partial charge in [-0.3, -0.25) is 4.57 Å². The summed E-state index contributed by atoms with van der Waals surface area (Å²) in [6, 6.07) is 14.8. The van der Waals surface area contributed by atoms with Crippen molar-refractivity contribution in [1.82, 2.24) is 35.0 Å². The summed E-state index contributed by atoms with van der Waals surface area (Å²) in [7, 11) is 0. The van der Waals surface area contributed by atoms with Crippen molar-refractivity contribution in [3.63, 3.8) is 0 Å². The number of aromatic nitrogens is 7. The van der Waals surface area contributed by atoms with Gasteiger partial charge in [0.1, 0.15) is 0 Å². The highest BCUT2D eigenvalue weighted by molar-refractivity contribution is 7.98. The molecular weight excluding hydrogens is 366 g/mol. The Hall–Kier alpha value is -2.52. The molecule has 1 aliphatic rings. The first-order valence-electron chi connectivity index (χ1n) is 8.34. The summed E-state index contributed by atoms with van der Waals surface area (Å²) in [5.74, 6) is 2.41. The molecule has 0 N–H and O–H groups in total. The van der Waals surface area contributed by atoms with Crippen molar-refractivity contribution in [2.24, 2.45) is 0 Å². The Balaban J connectivity index is 1.49. The third-order valence-electron chi connectivity index (χ3n) is 4.17. The van der Waals surface area contributed by atoms with Crippen LogP contribution in [0.15, 0.2) is 53.0 Å². The van der Waals surface area contributed by atoms with Crippen LogP contribution < -0.4 is 0 Å². The van der Waals surface area contributed by atoms with E-state index in [9.17, 15) is 0 Å². The second kappa shape index (κ2) is 6.65. The van der Waals surface area contributed by atoms with Gasteiger partial charge in [0, 0.05) is 5.69 Å². The van der Waals surface area contributed by atoms with Crippen LogP contribution in [-0.2, 0) is 5.75 Å². The van der Waals surface area contributed by atoms with E-state index in [-0.39, 0.29) is 0 Å². The Labute approximate surface area is 158 Å². The lowest BCUT2D eigenvalue weighted by molar-refractivity contribution is 0.593. The van der Waals surface area contributed by atoms with Gasteiger partial charge in [0.15, 0.2) is 16.8 Å². The molecule has 7 nitrogen and oxygen atoms in total. The predicted octanol–water partition coefficient (Wildman–Crippen LogP) is 3.61. The maximum absolute atomic E-state index is 4.45. The minimum Gasteiger partial charge on any atom is -0.269 e. The average Bonchev–Trinajstić information content (AvgIpc) is 3.08. The lowest BCUT2D eigenvalue weighted by Crippen LogP contribution is -2.03. The fourth-order valence-corrected chi connectivity index (χ4v) is 4.34. The molecule has 0 spiro atoms. The molecule has 1 aromatic carbocycles. The van der Waals surface area contributed by atoms with Gasteiger partial charge in [-0.1, -0.05) is 36.0 Å². The topological polar surface area (TPSA) is 74.3 Å². The quantitative estimate of drug-likeness (QED) is 0.475. The van der Waals surface area contributed by atoms with Crippen LogP contribution in [0.2, 0.25) is 0 Å². The van der Waals surface area contributed by atoms with Crippen LogP contribution in [0.4, 0.5) is 0 Å². The second-order valence-electron chi connectivity index (χ2n) is 6.01. The molecule has 0 atom stereocenters. The lowest BCUT2D eigenvalue weighted by Gasteiger charge is -2.09. The predicted molar refractivity (Wildman–Crippen MR) is 100 cm³/mol. The molecule has 1 aliphatic carbocycles. The van der Waals surface area contributed by atoms with Crippen molar-refractivity contribution >= 4 is 23.1 Å². The maximum Gasteiger partial charge on any atom is 0.196 e. The molecular formula is C17H15N7S2. The lowest BCUT2D eigenvalue weighted by atomic mass is 10.3. The molecule has 0 radical (unpaired) electrons. The van der Waals surface area contributed by atoms with E-state index in [1.165, 1.54) is 0 Å². The largest absolute Gasteiger partial charge is 0.269 e. The van der Waals surface area contributed by atoms with Gasteiger partial charge in [-0.05, 0) is 46.8 Å². The first kappa shape index (κ1) is 15.7. The minimum absolute atomic E-state index is 0.467. The van der Waals surface area contributed by atoms with Crippen LogP contribution in [-0.4, -0.2) is 35.0 Å². The molecule has 1 fully saturated rings. The Bertz CT molecular complexity index is 1000. The number of benzene rings is 1. The van der Waals surface area contributed by atoms with Gasteiger partial charge in [0.05, 0.1) is 16.7 Å². The van der Waals surface area contributed by atoms with E-state index >= 15 is 0 Å². The standard InChI is InChI=1S/C17H15N7S2/c1-2-5-12(6-3-1)23-16(14-7-4-10-25-14)19-20-17(23)26-11-15-18-21-22-24(15)13-8-9-13/h1-7,10,13H,8-9,11H2. The SMILES string of the molecule is c1ccc(-n2c(SCc3nnnn3C3CC3)nnc2-c2cccs2)cc1. The van der Waals surface area contributed by atoms with Crippen molar-refractivity contribution in [2.45, 2.75) is 29.8 Å². The highest BCUT2D eigenvalue weighted by atomic mass is 32.2. The average molecular weight is 381 g/mol. The van der Waals surface area contributed by atoms with E-state index in [1.807, 2.05) is 28.9 Å². The fourth-order valence-electron chi connectivity index (χ4n) is 2.78. The molecule has 0 aliphatic heterocycles. The summed E-state index contributed by atoms with van der Waals surface area (Å²) in [5.41, 5.74) is 1.05. The summed E-state index contributed by atoms with van der Waals surface area (Å²) in [4.78, 5) is 1.09. The smallest absolute Gasteiger partial charge is 0.196 e. The third kappa shape index (κ3) is 2.93. The number of thioether (sulfide) groups is 1. The Morgan fingerprint density at radius 3 is 2.69 bits per heavy atom. The minimum atomic E-state index is 0.467. The highest BCUT2D eigenvalue weighted by Crippen LogP contribution is 2.36. The molecule has 26 heavy (non-hydrogen) atoms. The number of hydrogen-bond acceptors (Lipinski definition) is 7. The third-order valence-corrected chi connectivity index (χ3v) is 5.96. The Kier molecular flexibility index (Phi) is 4.02. The number of nitrogens with zero attached hydrogens (tertiary/aromatic N) is 7.